The molecule has 30 heavy (non-hydrogen) atoms. The summed E-state index contributed by atoms with van der Waals surface area (Å²) in [6.07, 6.45) is 16.8. The Balaban J connectivity index is 1.52. The fourth-order valence-corrected chi connectivity index (χ4v) is 4.18. The monoisotopic (exact) mass is 408 g/mol. The smallest absolute Gasteiger partial charge is 0.166 e. The molecule has 2 aromatic carbocycles. The molecule has 0 N–H and O–H groups in total. The topological polar surface area (TPSA) is 0 Å². The molecule has 1 unspecified atom stereocenters. The van der Waals surface area contributed by atoms with Gasteiger partial charge in [0.1, 0.15) is 0 Å². The van der Waals surface area contributed by atoms with Crippen LogP contribution in [-0.2, 0) is 6.42 Å². The third-order valence-electron chi connectivity index (χ3n) is 6.16. The lowest BCUT2D eigenvalue weighted by molar-refractivity contribution is 0.501. The second-order valence-electron chi connectivity index (χ2n) is 8.59. The molecule has 1 atom stereocenters. The van der Waals surface area contributed by atoms with E-state index in [1.807, 2.05) is 31.2 Å². The summed E-state index contributed by atoms with van der Waals surface area (Å²) < 4.78 is 29.2. The van der Waals surface area contributed by atoms with Gasteiger partial charge in [-0.2, -0.15) is 0 Å². The van der Waals surface area contributed by atoms with Crippen molar-refractivity contribution in [2.24, 2.45) is 5.92 Å². The molecule has 0 spiro atoms. The summed E-state index contributed by atoms with van der Waals surface area (Å²) in [6, 6.07) is 10.9. The Kier molecular flexibility index (Phi) is 8.42. The van der Waals surface area contributed by atoms with Crippen molar-refractivity contribution < 1.29 is 8.78 Å². The van der Waals surface area contributed by atoms with E-state index >= 15 is 0 Å². The molecule has 160 valence electrons. The summed E-state index contributed by atoms with van der Waals surface area (Å²) in [4.78, 5) is 0. The molecule has 0 aromatic heterocycles. The maximum absolute atomic E-state index is 14.6. The number of allylic oxidation sites excluding steroid dienone is 4. The first kappa shape index (κ1) is 22.5. The van der Waals surface area contributed by atoms with Crippen LogP contribution in [0.2, 0.25) is 0 Å². The summed E-state index contributed by atoms with van der Waals surface area (Å²) in [6.45, 7) is 4.22. The van der Waals surface area contributed by atoms with Crippen molar-refractivity contribution in [3.8, 4) is 11.1 Å². The average Bonchev–Trinajstić information content (AvgIpc) is 2.76. The first-order valence-electron chi connectivity index (χ1n) is 11.5. The van der Waals surface area contributed by atoms with E-state index in [1.165, 1.54) is 38.5 Å². The zero-order valence-corrected chi connectivity index (χ0v) is 18.4. The van der Waals surface area contributed by atoms with Gasteiger partial charge in [-0.15, -0.1) is 0 Å². The number of hydrogen-bond acceptors (Lipinski definition) is 0. The number of hydrogen-bond donors (Lipinski definition) is 0. The molecule has 0 amide bonds. The number of rotatable bonds is 9. The Hall–Kier alpha value is -2.22. The summed E-state index contributed by atoms with van der Waals surface area (Å²) in [7, 11) is 0. The van der Waals surface area contributed by atoms with Crippen LogP contribution in [0.25, 0.3) is 11.1 Å². The van der Waals surface area contributed by atoms with Crippen molar-refractivity contribution in [1.29, 1.82) is 0 Å². The Morgan fingerprint density at radius 2 is 1.77 bits per heavy atom. The SMILES string of the molecule is CCCCCC1=CCC(C=CCCc2ccc(-c3ccc(C)cc3)c(F)c2F)CC1. The van der Waals surface area contributed by atoms with Crippen LogP contribution in [0.4, 0.5) is 8.78 Å². The van der Waals surface area contributed by atoms with Crippen LogP contribution in [0.5, 0.6) is 0 Å². The summed E-state index contributed by atoms with van der Waals surface area (Å²) in [5.74, 6) is -0.863. The normalized spacial score (nSPS) is 16.8. The Morgan fingerprint density at radius 3 is 2.47 bits per heavy atom. The first-order chi connectivity index (χ1) is 14.6. The van der Waals surface area contributed by atoms with Gasteiger partial charge in [0.05, 0.1) is 0 Å². The lowest BCUT2D eigenvalue weighted by atomic mass is 9.87. The fraction of sp³-hybridized carbons (Fsp3) is 0.429. The minimum Gasteiger partial charge on any atom is -0.203 e. The molecule has 3 rings (SSSR count). The molecule has 0 aliphatic heterocycles. The van der Waals surface area contributed by atoms with E-state index in [2.05, 4.69) is 25.2 Å². The maximum Gasteiger partial charge on any atom is 0.166 e. The minimum atomic E-state index is -0.742. The number of halogens is 2. The number of aryl methyl sites for hydroxylation is 2. The van der Waals surface area contributed by atoms with Gasteiger partial charge in [0.15, 0.2) is 11.6 Å². The lowest BCUT2D eigenvalue weighted by Crippen LogP contribution is -2.03. The van der Waals surface area contributed by atoms with Crippen molar-refractivity contribution >= 4 is 0 Å². The van der Waals surface area contributed by atoms with E-state index in [0.717, 1.165) is 18.4 Å². The zero-order valence-electron chi connectivity index (χ0n) is 18.4. The quantitative estimate of drug-likeness (QED) is 0.287. The van der Waals surface area contributed by atoms with Gasteiger partial charge in [0.25, 0.3) is 0 Å². The van der Waals surface area contributed by atoms with E-state index in [4.69, 9.17) is 0 Å². The van der Waals surface area contributed by atoms with Crippen LogP contribution in [0, 0.1) is 24.5 Å². The Bertz CT molecular complexity index is 874. The highest BCUT2D eigenvalue weighted by molar-refractivity contribution is 5.65. The first-order valence-corrected chi connectivity index (χ1v) is 11.5. The molecule has 1 aliphatic rings. The van der Waals surface area contributed by atoms with Gasteiger partial charge < -0.3 is 0 Å². The third kappa shape index (κ3) is 6.14. The molecule has 2 heteroatoms. The van der Waals surface area contributed by atoms with Gasteiger partial charge in [-0.3, -0.25) is 0 Å². The van der Waals surface area contributed by atoms with Crippen LogP contribution < -0.4 is 0 Å². The second kappa shape index (κ2) is 11.2. The van der Waals surface area contributed by atoms with Crippen LogP contribution >= 0.6 is 0 Å². The van der Waals surface area contributed by atoms with Gasteiger partial charge in [0, 0.05) is 5.56 Å². The predicted octanol–water partition coefficient (Wildman–Crippen LogP) is 8.74. The van der Waals surface area contributed by atoms with Crippen molar-refractivity contribution in [2.45, 2.75) is 71.6 Å². The van der Waals surface area contributed by atoms with Crippen LogP contribution in [-0.4, -0.2) is 0 Å². The second-order valence-corrected chi connectivity index (χ2v) is 8.59. The molecule has 0 heterocycles. The van der Waals surface area contributed by atoms with Gasteiger partial charge in [0.2, 0.25) is 0 Å². The zero-order chi connectivity index (χ0) is 21.3. The Labute approximate surface area is 180 Å². The standard InChI is InChI=1S/C28H34F2/c1-3-4-5-8-22-13-15-23(16-14-22)9-6-7-10-25-19-20-26(28(30)27(25)29)24-17-11-21(2)12-18-24/h6,9,11-13,17-20,23H,3-5,7-8,10,14-16H2,1-2H3. The highest BCUT2D eigenvalue weighted by Gasteiger charge is 2.15. The lowest BCUT2D eigenvalue weighted by Gasteiger charge is -2.19. The van der Waals surface area contributed by atoms with Gasteiger partial charge in [-0.1, -0.05) is 85.5 Å². The highest BCUT2D eigenvalue weighted by atomic mass is 19.2. The highest BCUT2D eigenvalue weighted by Crippen LogP contribution is 2.29. The molecule has 0 fully saturated rings. The van der Waals surface area contributed by atoms with Crippen molar-refractivity contribution in [1.82, 2.24) is 0 Å². The van der Waals surface area contributed by atoms with Crippen molar-refractivity contribution in [3.63, 3.8) is 0 Å². The number of benzene rings is 2. The van der Waals surface area contributed by atoms with E-state index in [-0.39, 0.29) is 0 Å². The van der Waals surface area contributed by atoms with Crippen LogP contribution in [0.1, 0.15) is 69.4 Å². The molecule has 0 nitrogen and oxygen atoms in total. The van der Waals surface area contributed by atoms with Crippen LogP contribution in [0.3, 0.4) is 0 Å². The summed E-state index contributed by atoms with van der Waals surface area (Å²) >= 11 is 0. The fourth-order valence-electron chi connectivity index (χ4n) is 4.18. The molecular formula is C28H34F2. The van der Waals surface area contributed by atoms with E-state index in [9.17, 15) is 8.78 Å². The molecular weight excluding hydrogens is 374 g/mol. The summed E-state index contributed by atoms with van der Waals surface area (Å²) in [5.41, 5.74) is 4.22. The van der Waals surface area contributed by atoms with Gasteiger partial charge >= 0.3 is 0 Å². The van der Waals surface area contributed by atoms with E-state index < -0.39 is 11.6 Å². The Morgan fingerprint density at radius 1 is 0.967 bits per heavy atom. The molecule has 0 bridgehead atoms. The maximum atomic E-state index is 14.6. The van der Waals surface area contributed by atoms with Crippen LogP contribution in [0.15, 0.2) is 60.2 Å². The average molecular weight is 409 g/mol. The van der Waals surface area contributed by atoms with Crippen molar-refractivity contribution in [2.75, 3.05) is 0 Å². The molecule has 0 radical (unpaired) electrons. The van der Waals surface area contributed by atoms with Crippen molar-refractivity contribution in [3.05, 3.63) is 83.0 Å². The van der Waals surface area contributed by atoms with E-state index in [0.29, 0.717) is 29.0 Å². The van der Waals surface area contributed by atoms with Gasteiger partial charge in [-0.25, -0.2) is 8.78 Å². The number of unbranched alkanes of at least 4 members (excludes halogenated alkanes) is 2. The molecule has 1 aliphatic carbocycles. The third-order valence-corrected chi connectivity index (χ3v) is 6.16. The molecule has 2 aromatic rings. The van der Waals surface area contributed by atoms with E-state index in [1.54, 1.807) is 17.7 Å². The van der Waals surface area contributed by atoms with Gasteiger partial charge in [-0.05, 0) is 68.9 Å². The largest absolute Gasteiger partial charge is 0.203 e. The predicted molar refractivity (Wildman–Crippen MR) is 124 cm³/mol. The minimum absolute atomic E-state index is 0.329. The summed E-state index contributed by atoms with van der Waals surface area (Å²) in [5, 5.41) is 0. The molecule has 0 saturated heterocycles. The molecule has 0 saturated carbocycles.